The molecule has 26 heavy (non-hydrogen) atoms. The molecule has 132 valence electrons. The van der Waals surface area contributed by atoms with Crippen molar-refractivity contribution in [1.29, 1.82) is 0 Å². The Morgan fingerprint density at radius 3 is 2.46 bits per heavy atom. The molecule has 6 heteroatoms. The average molecular weight is 365 g/mol. The number of anilines is 1. The molecule has 2 N–H and O–H groups in total. The fourth-order valence-corrected chi connectivity index (χ4v) is 3.07. The van der Waals surface area contributed by atoms with E-state index in [0.29, 0.717) is 17.4 Å². The van der Waals surface area contributed by atoms with Gasteiger partial charge in [0.15, 0.2) is 5.13 Å². The highest BCUT2D eigenvalue weighted by molar-refractivity contribution is 7.14. The zero-order valence-electron chi connectivity index (χ0n) is 14.4. The molecule has 0 saturated heterocycles. The van der Waals surface area contributed by atoms with E-state index in [-0.39, 0.29) is 18.2 Å². The maximum absolute atomic E-state index is 12.2. The number of benzene rings is 2. The predicted octanol–water partition coefficient (Wildman–Crippen LogP) is 3.56. The van der Waals surface area contributed by atoms with E-state index in [1.807, 2.05) is 61.5 Å². The van der Waals surface area contributed by atoms with Gasteiger partial charge in [0.1, 0.15) is 5.69 Å². The summed E-state index contributed by atoms with van der Waals surface area (Å²) in [6, 6.07) is 17.4. The van der Waals surface area contributed by atoms with Crippen LogP contribution in [0.4, 0.5) is 5.13 Å². The van der Waals surface area contributed by atoms with E-state index in [0.717, 1.165) is 11.1 Å². The van der Waals surface area contributed by atoms with Crippen LogP contribution in [0.25, 0.3) is 0 Å². The standard InChI is InChI=1S/C20H19N3O2S/c1-14-7-9-16(10-8-14)12-21-19(25)17-13-26-20(22-17)23-18(24)11-15-5-3-2-4-6-15/h2-10,13H,11-12H2,1H3,(H,21,25)(H,22,23,24). The number of hydrogen-bond acceptors (Lipinski definition) is 4. The molecule has 0 aliphatic heterocycles. The zero-order valence-corrected chi connectivity index (χ0v) is 15.2. The van der Waals surface area contributed by atoms with E-state index in [1.165, 1.54) is 16.9 Å². The van der Waals surface area contributed by atoms with E-state index in [2.05, 4.69) is 15.6 Å². The van der Waals surface area contributed by atoms with Gasteiger partial charge in [0.2, 0.25) is 5.91 Å². The monoisotopic (exact) mass is 365 g/mol. The first-order valence-corrected chi connectivity index (χ1v) is 9.11. The minimum absolute atomic E-state index is 0.155. The first-order chi connectivity index (χ1) is 12.6. The lowest BCUT2D eigenvalue weighted by atomic mass is 10.1. The zero-order chi connectivity index (χ0) is 18.4. The van der Waals surface area contributed by atoms with Gasteiger partial charge in [0, 0.05) is 11.9 Å². The largest absolute Gasteiger partial charge is 0.347 e. The van der Waals surface area contributed by atoms with Crippen molar-refractivity contribution < 1.29 is 9.59 Å². The Morgan fingerprint density at radius 2 is 1.73 bits per heavy atom. The first kappa shape index (κ1) is 17.8. The number of rotatable bonds is 6. The quantitative estimate of drug-likeness (QED) is 0.702. The Labute approximate surface area is 156 Å². The molecule has 3 rings (SSSR count). The van der Waals surface area contributed by atoms with Crippen molar-refractivity contribution in [3.63, 3.8) is 0 Å². The summed E-state index contributed by atoms with van der Waals surface area (Å²) in [5.41, 5.74) is 3.43. The summed E-state index contributed by atoms with van der Waals surface area (Å²) in [7, 11) is 0. The van der Waals surface area contributed by atoms with Crippen LogP contribution >= 0.6 is 11.3 Å². The molecule has 0 saturated carbocycles. The summed E-state index contributed by atoms with van der Waals surface area (Å²) in [5, 5.41) is 7.63. The Bertz CT molecular complexity index is 889. The van der Waals surface area contributed by atoms with E-state index in [4.69, 9.17) is 0 Å². The van der Waals surface area contributed by atoms with Gasteiger partial charge in [-0.15, -0.1) is 11.3 Å². The topological polar surface area (TPSA) is 71.1 Å². The van der Waals surface area contributed by atoms with Crippen molar-refractivity contribution >= 4 is 28.3 Å². The van der Waals surface area contributed by atoms with Crippen molar-refractivity contribution in [2.75, 3.05) is 5.32 Å². The van der Waals surface area contributed by atoms with Gasteiger partial charge in [-0.05, 0) is 18.1 Å². The second-order valence-corrected chi connectivity index (χ2v) is 6.77. The molecule has 0 aliphatic rings. The molecule has 0 atom stereocenters. The lowest BCUT2D eigenvalue weighted by molar-refractivity contribution is -0.115. The van der Waals surface area contributed by atoms with Gasteiger partial charge >= 0.3 is 0 Å². The van der Waals surface area contributed by atoms with Crippen LogP contribution in [0.1, 0.15) is 27.2 Å². The van der Waals surface area contributed by atoms with Gasteiger partial charge in [0.05, 0.1) is 6.42 Å². The van der Waals surface area contributed by atoms with E-state index in [1.54, 1.807) is 5.38 Å². The lowest BCUT2D eigenvalue weighted by Crippen LogP contribution is -2.23. The fraction of sp³-hybridized carbons (Fsp3) is 0.150. The highest BCUT2D eigenvalue weighted by atomic mass is 32.1. The number of amides is 2. The van der Waals surface area contributed by atoms with Crippen LogP contribution in [-0.4, -0.2) is 16.8 Å². The van der Waals surface area contributed by atoms with Gasteiger partial charge < -0.3 is 10.6 Å². The number of aryl methyl sites for hydroxylation is 1. The first-order valence-electron chi connectivity index (χ1n) is 8.23. The average Bonchev–Trinajstić information content (AvgIpc) is 3.10. The fourth-order valence-electron chi connectivity index (χ4n) is 2.36. The van der Waals surface area contributed by atoms with Crippen LogP contribution in [0.5, 0.6) is 0 Å². The lowest BCUT2D eigenvalue weighted by Gasteiger charge is -2.04. The molecule has 2 amide bonds. The van der Waals surface area contributed by atoms with E-state index >= 15 is 0 Å². The summed E-state index contributed by atoms with van der Waals surface area (Å²) in [6.45, 7) is 2.46. The van der Waals surface area contributed by atoms with Crippen LogP contribution in [0, 0.1) is 6.92 Å². The SMILES string of the molecule is Cc1ccc(CNC(=O)c2csc(NC(=O)Cc3ccccc3)n2)cc1. The van der Waals surface area contributed by atoms with Crippen molar-refractivity contribution in [2.24, 2.45) is 0 Å². The molecule has 5 nitrogen and oxygen atoms in total. The second kappa shape index (κ2) is 8.40. The van der Waals surface area contributed by atoms with Crippen molar-refractivity contribution in [3.8, 4) is 0 Å². The maximum Gasteiger partial charge on any atom is 0.271 e. The number of nitrogens with one attached hydrogen (secondary N) is 2. The minimum atomic E-state index is -0.259. The summed E-state index contributed by atoms with van der Waals surface area (Å²) >= 11 is 1.24. The normalized spacial score (nSPS) is 10.3. The molecule has 1 aromatic heterocycles. The Hall–Kier alpha value is -2.99. The molecule has 2 aromatic carbocycles. The number of thiazole rings is 1. The van der Waals surface area contributed by atoms with Crippen molar-refractivity contribution in [1.82, 2.24) is 10.3 Å². The van der Waals surface area contributed by atoms with Crippen molar-refractivity contribution in [2.45, 2.75) is 19.9 Å². The smallest absolute Gasteiger partial charge is 0.271 e. The maximum atomic E-state index is 12.2. The third-order valence-electron chi connectivity index (χ3n) is 3.76. The molecule has 0 aliphatic carbocycles. The molecule has 3 aromatic rings. The third kappa shape index (κ3) is 5.00. The molecule has 1 heterocycles. The molecule has 0 fully saturated rings. The third-order valence-corrected chi connectivity index (χ3v) is 4.52. The predicted molar refractivity (Wildman–Crippen MR) is 103 cm³/mol. The summed E-state index contributed by atoms with van der Waals surface area (Å²) in [4.78, 5) is 28.4. The molecular weight excluding hydrogens is 346 g/mol. The molecule has 0 unspecified atom stereocenters. The number of hydrogen-bond donors (Lipinski definition) is 2. The van der Waals surface area contributed by atoms with Crippen LogP contribution in [0.2, 0.25) is 0 Å². The second-order valence-electron chi connectivity index (χ2n) is 5.92. The number of carbonyl (C=O) groups is 2. The van der Waals surface area contributed by atoms with Gasteiger partial charge in [-0.25, -0.2) is 4.98 Å². The van der Waals surface area contributed by atoms with Gasteiger partial charge in [-0.3, -0.25) is 9.59 Å². The van der Waals surface area contributed by atoms with E-state index in [9.17, 15) is 9.59 Å². The summed E-state index contributed by atoms with van der Waals surface area (Å²) in [6.07, 6.45) is 0.273. The van der Waals surface area contributed by atoms with Gasteiger partial charge in [-0.1, -0.05) is 60.2 Å². The summed E-state index contributed by atoms with van der Waals surface area (Å²) < 4.78 is 0. The number of aromatic nitrogens is 1. The minimum Gasteiger partial charge on any atom is -0.347 e. The summed E-state index contributed by atoms with van der Waals surface area (Å²) in [5.74, 6) is -0.414. The number of nitrogens with zero attached hydrogens (tertiary/aromatic N) is 1. The molecular formula is C20H19N3O2S. The highest BCUT2D eigenvalue weighted by Crippen LogP contribution is 2.16. The molecule has 0 bridgehead atoms. The Morgan fingerprint density at radius 1 is 1.00 bits per heavy atom. The van der Waals surface area contributed by atoms with E-state index < -0.39 is 0 Å². The van der Waals surface area contributed by atoms with Crippen LogP contribution in [0.15, 0.2) is 60.0 Å². The Balaban J connectivity index is 1.52. The van der Waals surface area contributed by atoms with Crippen LogP contribution in [0.3, 0.4) is 0 Å². The molecule has 0 spiro atoms. The molecule has 0 radical (unpaired) electrons. The van der Waals surface area contributed by atoms with Crippen molar-refractivity contribution in [3.05, 3.63) is 82.4 Å². The van der Waals surface area contributed by atoms with Crippen LogP contribution in [-0.2, 0) is 17.8 Å². The van der Waals surface area contributed by atoms with Gasteiger partial charge in [0.25, 0.3) is 5.91 Å². The highest BCUT2D eigenvalue weighted by Gasteiger charge is 2.12. The van der Waals surface area contributed by atoms with Crippen LogP contribution < -0.4 is 10.6 Å². The van der Waals surface area contributed by atoms with Gasteiger partial charge in [-0.2, -0.15) is 0 Å². The number of carbonyl (C=O) groups excluding carboxylic acids is 2. The Kier molecular flexibility index (Phi) is 5.76.